The molecule has 2 N–H and O–H groups in total. The predicted molar refractivity (Wildman–Crippen MR) is 73.1 cm³/mol. The first-order valence-electron chi connectivity index (χ1n) is 6.01. The van der Waals surface area contributed by atoms with Gasteiger partial charge in [-0.1, -0.05) is 11.3 Å². The topological polar surface area (TPSA) is 56.7 Å². The number of benzene rings is 1. The fourth-order valence-corrected chi connectivity index (χ4v) is 3.02. The molecule has 0 bridgehead atoms. The molecule has 1 fully saturated rings. The van der Waals surface area contributed by atoms with Crippen LogP contribution in [-0.4, -0.2) is 14.8 Å². The molecule has 3 aromatic rings. The molecule has 1 saturated carbocycles. The lowest BCUT2D eigenvalue weighted by Crippen LogP contribution is -1.94. The maximum atomic E-state index is 5.78. The van der Waals surface area contributed by atoms with Crippen LogP contribution in [0.4, 0.5) is 5.69 Å². The minimum Gasteiger partial charge on any atom is -0.399 e. The first-order valence-corrected chi connectivity index (χ1v) is 6.83. The van der Waals surface area contributed by atoms with Gasteiger partial charge in [0.05, 0.1) is 15.9 Å². The van der Waals surface area contributed by atoms with Crippen LogP contribution in [0.3, 0.4) is 0 Å². The molecular weight excluding hydrogens is 244 g/mol. The number of nitrogen functional groups attached to an aromatic ring is 1. The summed E-state index contributed by atoms with van der Waals surface area (Å²) in [5.41, 5.74) is 8.72. The van der Waals surface area contributed by atoms with E-state index >= 15 is 0 Å². The zero-order valence-corrected chi connectivity index (χ0v) is 10.5. The summed E-state index contributed by atoms with van der Waals surface area (Å²) in [4.78, 5) is 4.58. The largest absolute Gasteiger partial charge is 0.399 e. The molecule has 0 aliphatic heterocycles. The van der Waals surface area contributed by atoms with Crippen LogP contribution in [0.5, 0.6) is 0 Å². The van der Waals surface area contributed by atoms with Crippen molar-refractivity contribution in [2.24, 2.45) is 0 Å². The lowest BCUT2D eigenvalue weighted by molar-refractivity contribution is 0.832. The van der Waals surface area contributed by atoms with Crippen molar-refractivity contribution >= 4 is 27.2 Å². The third kappa shape index (κ3) is 1.59. The van der Waals surface area contributed by atoms with Gasteiger partial charge in [-0.2, -0.15) is 5.10 Å². The zero-order valence-electron chi connectivity index (χ0n) is 9.71. The molecule has 0 spiro atoms. The van der Waals surface area contributed by atoms with Crippen LogP contribution in [-0.2, 0) is 0 Å². The molecule has 2 heterocycles. The summed E-state index contributed by atoms with van der Waals surface area (Å²) < 4.78 is 2.97. The minimum atomic E-state index is 0.677. The lowest BCUT2D eigenvalue weighted by Gasteiger charge is -1.92. The van der Waals surface area contributed by atoms with E-state index in [9.17, 15) is 0 Å². The lowest BCUT2D eigenvalue weighted by atomic mass is 10.3. The van der Waals surface area contributed by atoms with Gasteiger partial charge in [0, 0.05) is 17.8 Å². The van der Waals surface area contributed by atoms with Gasteiger partial charge in [0.15, 0.2) is 0 Å². The van der Waals surface area contributed by atoms with Gasteiger partial charge >= 0.3 is 0 Å². The average molecular weight is 256 g/mol. The third-order valence-corrected chi connectivity index (χ3v) is 4.21. The summed E-state index contributed by atoms with van der Waals surface area (Å²) in [7, 11) is 0. The molecule has 4 rings (SSSR count). The Balaban J connectivity index is 1.80. The van der Waals surface area contributed by atoms with E-state index in [1.54, 1.807) is 11.3 Å². The molecule has 1 aromatic carbocycles. The number of aromatic nitrogens is 3. The van der Waals surface area contributed by atoms with Crippen molar-refractivity contribution < 1.29 is 0 Å². The predicted octanol–water partition coefficient (Wildman–Crippen LogP) is 2.94. The molecule has 2 aromatic heterocycles. The summed E-state index contributed by atoms with van der Waals surface area (Å²) in [5, 5.41) is 5.50. The van der Waals surface area contributed by atoms with Crippen molar-refractivity contribution in [2.75, 3.05) is 5.73 Å². The number of nitrogens with two attached hydrogens (primary N) is 1. The Kier molecular flexibility index (Phi) is 1.99. The van der Waals surface area contributed by atoms with Crippen molar-refractivity contribution in [1.82, 2.24) is 14.8 Å². The highest BCUT2D eigenvalue weighted by molar-refractivity contribution is 7.20. The number of nitrogens with zero attached hydrogens (tertiary/aromatic N) is 3. The molecule has 1 aliphatic carbocycles. The van der Waals surface area contributed by atoms with Gasteiger partial charge in [0.25, 0.3) is 0 Å². The fourth-order valence-electron chi connectivity index (χ4n) is 2.07. The van der Waals surface area contributed by atoms with Crippen molar-refractivity contribution in [2.45, 2.75) is 18.8 Å². The molecule has 0 unspecified atom stereocenters. The van der Waals surface area contributed by atoms with E-state index in [0.29, 0.717) is 5.92 Å². The van der Waals surface area contributed by atoms with Gasteiger partial charge < -0.3 is 5.73 Å². The molecule has 0 atom stereocenters. The smallest absolute Gasteiger partial charge is 0.211 e. The van der Waals surface area contributed by atoms with Gasteiger partial charge in [0.2, 0.25) is 5.13 Å². The number of hydrogen-bond acceptors (Lipinski definition) is 4. The number of hydrogen-bond donors (Lipinski definition) is 1. The summed E-state index contributed by atoms with van der Waals surface area (Å²) in [6.45, 7) is 0. The van der Waals surface area contributed by atoms with E-state index in [4.69, 9.17) is 5.73 Å². The Morgan fingerprint density at radius 2 is 2.17 bits per heavy atom. The normalized spacial score (nSPS) is 15.3. The van der Waals surface area contributed by atoms with Crippen LogP contribution in [0.2, 0.25) is 0 Å². The molecule has 5 heteroatoms. The van der Waals surface area contributed by atoms with Gasteiger partial charge in [0.1, 0.15) is 0 Å². The van der Waals surface area contributed by atoms with Gasteiger partial charge in [-0.25, -0.2) is 9.67 Å². The molecular formula is C13H12N4S. The summed E-state index contributed by atoms with van der Waals surface area (Å²) in [6, 6.07) is 7.89. The number of rotatable bonds is 2. The Hall–Kier alpha value is -1.88. The molecule has 90 valence electrons. The van der Waals surface area contributed by atoms with E-state index in [0.717, 1.165) is 21.0 Å². The van der Waals surface area contributed by atoms with Crippen LogP contribution >= 0.6 is 11.3 Å². The number of fused-ring (bicyclic) bond motifs is 1. The Morgan fingerprint density at radius 1 is 1.28 bits per heavy atom. The van der Waals surface area contributed by atoms with Gasteiger partial charge in [-0.3, -0.25) is 0 Å². The summed E-state index contributed by atoms with van der Waals surface area (Å²) in [5.74, 6) is 0.677. The van der Waals surface area contributed by atoms with Crippen LogP contribution in [0.25, 0.3) is 15.3 Å². The van der Waals surface area contributed by atoms with Crippen molar-refractivity contribution in [3.63, 3.8) is 0 Å². The van der Waals surface area contributed by atoms with E-state index < -0.39 is 0 Å². The van der Waals surface area contributed by atoms with E-state index in [1.807, 2.05) is 29.1 Å². The summed E-state index contributed by atoms with van der Waals surface area (Å²) in [6.07, 6.45) is 4.54. The average Bonchev–Trinajstić information content (AvgIpc) is 2.95. The third-order valence-electron chi connectivity index (χ3n) is 3.20. The minimum absolute atomic E-state index is 0.677. The van der Waals surface area contributed by atoms with E-state index in [1.165, 1.54) is 18.5 Å². The molecule has 4 nitrogen and oxygen atoms in total. The van der Waals surface area contributed by atoms with E-state index in [-0.39, 0.29) is 0 Å². The zero-order chi connectivity index (χ0) is 12.1. The molecule has 0 saturated heterocycles. The highest BCUT2D eigenvalue weighted by Crippen LogP contribution is 2.39. The highest BCUT2D eigenvalue weighted by atomic mass is 32.1. The number of anilines is 1. The van der Waals surface area contributed by atoms with Crippen molar-refractivity contribution in [1.29, 1.82) is 0 Å². The second-order valence-electron chi connectivity index (χ2n) is 4.68. The molecule has 0 amide bonds. The Labute approximate surface area is 108 Å². The van der Waals surface area contributed by atoms with Crippen LogP contribution in [0, 0.1) is 0 Å². The van der Waals surface area contributed by atoms with Crippen LogP contribution in [0.1, 0.15) is 24.5 Å². The molecule has 0 radical (unpaired) electrons. The molecule has 18 heavy (non-hydrogen) atoms. The highest BCUT2D eigenvalue weighted by Gasteiger charge is 2.26. The maximum absolute atomic E-state index is 5.78. The van der Waals surface area contributed by atoms with Crippen molar-refractivity contribution in [3.8, 4) is 5.13 Å². The SMILES string of the molecule is Nc1ccc2nc(-n3ccc(C4CC4)n3)sc2c1. The maximum Gasteiger partial charge on any atom is 0.211 e. The Bertz CT molecular complexity index is 724. The quantitative estimate of drug-likeness (QED) is 0.717. The first kappa shape index (κ1) is 10.1. The second-order valence-corrected chi connectivity index (χ2v) is 5.69. The first-order chi connectivity index (χ1) is 8.79. The fraction of sp³-hybridized carbons (Fsp3) is 0.231. The van der Waals surface area contributed by atoms with Gasteiger partial charge in [-0.15, -0.1) is 0 Å². The number of thiazole rings is 1. The monoisotopic (exact) mass is 256 g/mol. The van der Waals surface area contributed by atoms with Crippen molar-refractivity contribution in [3.05, 3.63) is 36.2 Å². The Morgan fingerprint density at radius 3 is 3.00 bits per heavy atom. The molecule has 1 aliphatic rings. The van der Waals surface area contributed by atoms with Crippen LogP contribution < -0.4 is 5.73 Å². The standard InChI is InChI=1S/C13H12N4S/c14-9-3-4-11-12(7-9)18-13(15-11)17-6-5-10(16-17)8-1-2-8/h3-8H,1-2,14H2. The van der Waals surface area contributed by atoms with Crippen LogP contribution in [0.15, 0.2) is 30.5 Å². The van der Waals surface area contributed by atoms with Gasteiger partial charge in [-0.05, 0) is 37.1 Å². The summed E-state index contributed by atoms with van der Waals surface area (Å²) >= 11 is 1.62. The van der Waals surface area contributed by atoms with E-state index in [2.05, 4.69) is 16.1 Å². The second kappa shape index (κ2) is 3.55.